The zero-order valence-electron chi connectivity index (χ0n) is 7.34. The van der Waals surface area contributed by atoms with E-state index in [0.717, 1.165) is 13.0 Å². The molecule has 3 nitrogen and oxygen atoms in total. The number of allylic oxidation sites excluding steroid dienone is 1. The molecule has 68 valence electrons. The molecule has 2 atom stereocenters. The quantitative estimate of drug-likeness (QED) is 0.620. The van der Waals surface area contributed by atoms with E-state index in [9.17, 15) is 4.79 Å². The van der Waals surface area contributed by atoms with E-state index >= 15 is 0 Å². The average Bonchev–Trinajstić information content (AvgIpc) is 2.33. The van der Waals surface area contributed by atoms with Gasteiger partial charge >= 0.3 is 5.97 Å². The predicted octanol–water partition coefficient (Wildman–Crippen LogP) is 1.02. The molecule has 0 aromatic rings. The van der Waals surface area contributed by atoms with Crippen molar-refractivity contribution >= 4 is 5.97 Å². The Morgan fingerprint density at radius 1 is 1.92 bits per heavy atom. The molecule has 1 saturated heterocycles. The Hall–Kier alpha value is -0.830. The molecule has 1 fully saturated rings. The smallest absolute Gasteiger partial charge is 0.320 e. The van der Waals surface area contributed by atoms with Gasteiger partial charge in [-0.3, -0.25) is 4.79 Å². The lowest BCUT2D eigenvalue weighted by Gasteiger charge is -2.19. The first-order valence-corrected chi connectivity index (χ1v) is 4.14. The van der Waals surface area contributed by atoms with Crippen LogP contribution in [0.2, 0.25) is 0 Å². The zero-order valence-corrected chi connectivity index (χ0v) is 7.34. The van der Waals surface area contributed by atoms with Gasteiger partial charge in [-0.25, -0.2) is 0 Å². The lowest BCUT2D eigenvalue weighted by atomic mass is 9.84. The van der Waals surface area contributed by atoms with Crippen molar-refractivity contribution in [2.75, 3.05) is 6.54 Å². The first kappa shape index (κ1) is 9.26. The van der Waals surface area contributed by atoms with E-state index in [1.807, 2.05) is 6.08 Å². The summed E-state index contributed by atoms with van der Waals surface area (Å²) >= 11 is 0. The molecule has 0 amide bonds. The molecule has 0 bridgehead atoms. The second kappa shape index (κ2) is 3.27. The molecule has 2 unspecified atom stereocenters. The van der Waals surface area contributed by atoms with Gasteiger partial charge in [0, 0.05) is 6.54 Å². The Labute approximate surface area is 72.5 Å². The van der Waals surface area contributed by atoms with Crippen LogP contribution in [0, 0.1) is 5.41 Å². The summed E-state index contributed by atoms with van der Waals surface area (Å²) in [5, 5.41) is 11.7. The van der Waals surface area contributed by atoms with Crippen molar-refractivity contribution in [3.8, 4) is 0 Å². The highest BCUT2D eigenvalue weighted by Gasteiger charge is 2.36. The molecular weight excluding hydrogens is 154 g/mol. The molecule has 1 heterocycles. The first-order chi connectivity index (χ1) is 5.57. The van der Waals surface area contributed by atoms with Crippen LogP contribution in [0.1, 0.15) is 19.8 Å². The van der Waals surface area contributed by atoms with Crippen LogP contribution in [-0.4, -0.2) is 23.7 Å². The largest absolute Gasteiger partial charge is 0.480 e. The van der Waals surface area contributed by atoms with Gasteiger partial charge in [0.05, 0.1) is 0 Å². The van der Waals surface area contributed by atoms with Crippen molar-refractivity contribution < 1.29 is 9.90 Å². The highest BCUT2D eigenvalue weighted by Crippen LogP contribution is 2.32. The van der Waals surface area contributed by atoms with Gasteiger partial charge in [-0.2, -0.15) is 0 Å². The third kappa shape index (κ3) is 1.85. The Balaban J connectivity index is 2.54. The normalized spacial score (nSPS) is 34.9. The summed E-state index contributed by atoms with van der Waals surface area (Å²) in [5.74, 6) is -0.747. The van der Waals surface area contributed by atoms with E-state index in [0.29, 0.717) is 6.42 Å². The lowest BCUT2D eigenvalue weighted by Crippen LogP contribution is -2.30. The number of nitrogens with one attached hydrogen (secondary N) is 1. The van der Waals surface area contributed by atoms with Crippen LogP contribution in [0.3, 0.4) is 0 Å². The van der Waals surface area contributed by atoms with Gasteiger partial charge < -0.3 is 10.4 Å². The number of carboxylic acids is 1. The standard InChI is InChI=1S/C9H15NO2/c1-3-4-9(2)5-7(8(11)12)10-6-9/h3,7,10H,1,4-6H2,2H3,(H,11,12). The van der Waals surface area contributed by atoms with Gasteiger partial charge in [-0.05, 0) is 18.3 Å². The molecule has 0 spiro atoms. The fraction of sp³-hybridized carbons (Fsp3) is 0.667. The van der Waals surface area contributed by atoms with E-state index in [1.165, 1.54) is 0 Å². The van der Waals surface area contributed by atoms with Crippen molar-refractivity contribution in [3.05, 3.63) is 12.7 Å². The minimum absolute atomic E-state index is 0.0881. The van der Waals surface area contributed by atoms with Crippen molar-refractivity contribution in [3.63, 3.8) is 0 Å². The van der Waals surface area contributed by atoms with Crippen molar-refractivity contribution in [2.45, 2.75) is 25.8 Å². The molecule has 1 aliphatic heterocycles. The van der Waals surface area contributed by atoms with Gasteiger partial charge in [0.15, 0.2) is 0 Å². The van der Waals surface area contributed by atoms with Gasteiger partial charge in [0.2, 0.25) is 0 Å². The zero-order chi connectivity index (χ0) is 9.19. The van der Waals surface area contributed by atoms with Crippen LogP contribution >= 0.6 is 0 Å². The van der Waals surface area contributed by atoms with Crippen molar-refractivity contribution in [1.29, 1.82) is 0 Å². The molecule has 2 N–H and O–H groups in total. The summed E-state index contributed by atoms with van der Waals surface area (Å²) in [5.41, 5.74) is 0.0881. The number of rotatable bonds is 3. The minimum Gasteiger partial charge on any atom is -0.480 e. The SMILES string of the molecule is C=CCC1(C)CNC(C(=O)O)C1. The predicted molar refractivity (Wildman–Crippen MR) is 47.0 cm³/mol. The Kier molecular flexibility index (Phi) is 2.52. The van der Waals surface area contributed by atoms with E-state index in [-0.39, 0.29) is 11.5 Å². The summed E-state index contributed by atoms with van der Waals surface area (Å²) in [4.78, 5) is 10.6. The fourth-order valence-corrected chi connectivity index (χ4v) is 1.69. The molecule has 0 aromatic heterocycles. The number of hydrogen-bond donors (Lipinski definition) is 2. The summed E-state index contributed by atoms with van der Waals surface area (Å²) < 4.78 is 0. The Morgan fingerprint density at radius 2 is 2.58 bits per heavy atom. The monoisotopic (exact) mass is 169 g/mol. The summed E-state index contributed by atoms with van der Waals surface area (Å²) in [6, 6.07) is -0.366. The molecule has 0 aliphatic carbocycles. The molecule has 3 heteroatoms. The summed E-state index contributed by atoms with van der Waals surface area (Å²) in [6.45, 7) is 6.53. The van der Waals surface area contributed by atoms with E-state index in [2.05, 4.69) is 18.8 Å². The van der Waals surface area contributed by atoms with Crippen LogP contribution in [-0.2, 0) is 4.79 Å². The van der Waals surface area contributed by atoms with Gasteiger partial charge in [0.1, 0.15) is 6.04 Å². The third-order valence-electron chi connectivity index (χ3n) is 2.41. The molecule has 1 rings (SSSR count). The van der Waals surface area contributed by atoms with Crippen LogP contribution in [0.15, 0.2) is 12.7 Å². The van der Waals surface area contributed by atoms with Gasteiger partial charge in [0.25, 0.3) is 0 Å². The molecule has 0 aromatic carbocycles. The Morgan fingerprint density at radius 3 is 3.00 bits per heavy atom. The van der Waals surface area contributed by atoms with Crippen LogP contribution in [0.4, 0.5) is 0 Å². The van der Waals surface area contributed by atoms with E-state index in [4.69, 9.17) is 5.11 Å². The van der Waals surface area contributed by atoms with Crippen molar-refractivity contribution in [2.24, 2.45) is 5.41 Å². The van der Waals surface area contributed by atoms with E-state index < -0.39 is 5.97 Å². The third-order valence-corrected chi connectivity index (χ3v) is 2.41. The highest BCUT2D eigenvalue weighted by atomic mass is 16.4. The maximum Gasteiger partial charge on any atom is 0.320 e. The van der Waals surface area contributed by atoms with Crippen LogP contribution < -0.4 is 5.32 Å². The van der Waals surface area contributed by atoms with Gasteiger partial charge in [-0.15, -0.1) is 6.58 Å². The first-order valence-electron chi connectivity index (χ1n) is 4.14. The fourth-order valence-electron chi connectivity index (χ4n) is 1.69. The number of carboxylic acid groups (broad SMARTS) is 1. The second-order valence-corrected chi connectivity index (χ2v) is 3.78. The topological polar surface area (TPSA) is 49.3 Å². The molecule has 0 saturated carbocycles. The highest BCUT2D eigenvalue weighted by molar-refractivity contribution is 5.74. The number of aliphatic carboxylic acids is 1. The summed E-state index contributed by atoms with van der Waals surface area (Å²) in [6.07, 6.45) is 3.43. The molecule has 12 heavy (non-hydrogen) atoms. The average molecular weight is 169 g/mol. The number of hydrogen-bond acceptors (Lipinski definition) is 2. The maximum atomic E-state index is 10.6. The molecule has 0 radical (unpaired) electrons. The molecule has 1 aliphatic rings. The van der Waals surface area contributed by atoms with Crippen LogP contribution in [0.25, 0.3) is 0 Å². The summed E-state index contributed by atoms with van der Waals surface area (Å²) in [7, 11) is 0. The van der Waals surface area contributed by atoms with Crippen molar-refractivity contribution in [1.82, 2.24) is 5.32 Å². The van der Waals surface area contributed by atoms with E-state index in [1.54, 1.807) is 0 Å². The maximum absolute atomic E-state index is 10.6. The minimum atomic E-state index is -0.747. The Bertz CT molecular complexity index is 203. The molecular formula is C9H15NO2. The lowest BCUT2D eigenvalue weighted by molar-refractivity contribution is -0.139. The second-order valence-electron chi connectivity index (χ2n) is 3.78. The number of carbonyl (C=O) groups is 1. The van der Waals surface area contributed by atoms with Crippen LogP contribution in [0.5, 0.6) is 0 Å². The van der Waals surface area contributed by atoms with Gasteiger partial charge in [-0.1, -0.05) is 13.0 Å².